The van der Waals surface area contributed by atoms with E-state index in [0.717, 1.165) is 10.6 Å². The fourth-order valence-corrected chi connectivity index (χ4v) is 5.96. The molecular formula is C18H19N3O4S2. The van der Waals surface area contributed by atoms with Gasteiger partial charge in [-0.15, -0.1) is 11.3 Å². The highest BCUT2D eigenvalue weighted by Gasteiger charge is 2.41. The number of rotatable bonds is 4. The van der Waals surface area contributed by atoms with Crippen molar-refractivity contribution in [3.8, 4) is 10.6 Å². The van der Waals surface area contributed by atoms with Gasteiger partial charge in [-0.3, -0.25) is 9.59 Å². The minimum absolute atomic E-state index is 0.00525. The quantitative estimate of drug-likeness (QED) is 0.836. The third-order valence-electron chi connectivity index (χ3n) is 5.01. The van der Waals surface area contributed by atoms with E-state index in [1.165, 1.54) is 0 Å². The monoisotopic (exact) mass is 405 g/mol. The SMILES string of the molecule is O=C(Nc1ccc(-c2nccs2)cc1)[C@H]1CC(=O)N([C@@H]2CCS(=O)(=O)C2)C1. The van der Waals surface area contributed by atoms with Gasteiger partial charge in [0, 0.05) is 41.8 Å². The molecule has 2 aromatic rings. The van der Waals surface area contributed by atoms with Crippen LogP contribution >= 0.6 is 11.3 Å². The number of carbonyl (C=O) groups is 2. The van der Waals surface area contributed by atoms with Crippen molar-refractivity contribution in [3.05, 3.63) is 35.8 Å². The molecule has 142 valence electrons. The molecule has 0 bridgehead atoms. The summed E-state index contributed by atoms with van der Waals surface area (Å²) in [6.45, 7) is 0.280. The maximum Gasteiger partial charge on any atom is 0.229 e. The van der Waals surface area contributed by atoms with Crippen LogP contribution in [0, 0.1) is 5.92 Å². The summed E-state index contributed by atoms with van der Waals surface area (Å²) in [6.07, 6.45) is 2.33. The lowest BCUT2D eigenvalue weighted by atomic mass is 10.1. The summed E-state index contributed by atoms with van der Waals surface area (Å²) in [6, 6.07) is 7.12. The van der Waals surface area contributed by atoms with E-state index >= 15 is 0 Å². The van der Waals surface area contributed by atoms with Gasteiger partial charge < -0.3 is 10.2 Å². The van der Waals surface area contributed by atoms with Crippen LogP contribution in [-0.4, -0.2) is 54.2 Å². The zero-order valence-corrected chi connectivity index (χ0v) is 16.1. The van der Waals surface area contributed by atoms with Gasteiger partial charge in [0.2, 0.25) is 11.8 Å². The molecule has 0 spiro atoms. The predicted molar refractivity (Wildman–Crippen MR) is 103 cm³/mol. The second kappa shape index (κ2) is 7.05. The maximum atomic E-state index is 12.5. The molecule has 0 saturated carbocycles. The highest BCUT2D eigenvalue weighted by atomic mass is 32.2. The Balaban J connectivity index is 1.38. The molecule has 2 saturated heterocycles. The first kappa shape index (κ1) is 18.1. The van der Waals surface area contributed by atoms with E-state index in [1.54, 1.807) is 22.4 Å². The molecule has 0 unspecified atom stereocenters. The molecule has 1 aromatic heterocycles. The van der Waals surface area contributed by atoms with Crippen LogP contribution in [0.5, 0.6) is 0 Å². The Labute approximate surface area is 161 Å². The number of hydrogen-bond acceptors (Lipinski definition) is 6. The lowest BCUT2D eigenvalue weighted by molar-refractivity contribution is -0.129. The Bertz CT molecular complexity index is 955. The number of likely N-dealkylation sites (tertiary alicyclic amines) is 1. The van der Waals surface area contributed by atoms with Crippen molar-refractivity contribution in [1.29, 1.82) is 0 Å². The van der Waals surface area contributed by atoms with Gasteiger partial charge in [-0.25, -0.2) is 13.4 Å². The second-order valence-electron chi connectivity index (χ2n) is 6.91. The number of amides is 2. The van der Waals surface area contributed by atoms with Crippen LogP contribution in [0.3, 0.4) is 0 Å². The van der Waals surface area contributed by atoms with Crippen molar-refractivity contribution in [2.24, 2.45) is 5.92 Å². The van der Waals surface area contributed by atoms with E-state index in [1.807, 2.05) is 29.6 Å². The van der Waals surface area contributed by atoms with Crippen LogP contribution in [-0.2, 0) is 19.4 Å². The standard InChI is InChI=1S/C18H19N3O4S2/c22-16-9-13(10-21(16)15-5-8-27(24,25)11-15)17(23)20-14-3-1-12(2-4-14)18-19-6-7-26-18/h1-4,6-7,13,15H,5,8-11H2,(H,20,23)/t13-,15+/m0/s1. The van der Waals surface area contributed by atoms with Crippen molar-refractivity contribution >= 4 is 38.7 Å². The third-order valence-corrected chi connectivity index (χ3v) is 7.58. The van der Waals surface area contributed by atoms with Gasteiger partial charge >= 0.3 is 0 Å². The van der Waals surface area contributed by atoms with Crippen molar-refractivity contribution in [2.45, 2.75) is 18.9 Å². The molecule has 27 heavy (non-hydrogen) atoms. The molecule has 1 N–H and O–H groups in total. The zero-order valence-electron chi connectivity index (χ0n) is 14.5. The van der Waals surface area contributed by atoms with Crippen molar-refractivity contribution in [2.75, 3.05) is 23.4 Å². The molecule has 1 aromatic carbocycles. The fraction of sp³-hybridized carbons (Fsp3) is 0.389. The molecule has 4 rings (SSSR count). The number of hydrogen-bond donors (Lipinski definition) is 1. The van der Waals surface area contributed by atoms with Gasteiger partial charge in [0.25, 0.3) is 0 Å². The Morgan fingerprint density at radius 2 is 2.04 bits per heavy atom. The van der Waals surface area contributed by atoms with E-state index in [9.17, 15) is 18.0 Å². The minimum Gasteiger partial charge on any atom is -0.338 e. The molecule has 2 aliphatic heterocycles. The minimum atomic E-state index is -3.06. The van der Waals surface area contributed by atoms with Gasteiger partial charge in [-0.05, 0) is 30.7 Å². The zero-order chi connectivity index (χ0) is 19.0. The first-order valence-corrected chi connectivity index (χ1v) is 11.4. The summed E-state index contributed by atoms with van der Waals surface area (Å²) >= 11 is 1.54. The van der Waals surface area contributed by atoms with Crippen molar-refractivity contribution in [1.82, 2.24) is 9.88 Å². The topological polar surface area (TPSA) is 96.4 Å². The second-order valence-corrected chi connectivity index (χ2v) is 10.0. The van der Waals surface area contributed by atoms with Gasteiger partial charge in [-0.1, -0.05) is 0 Å². The van der Waals surface area contributed by atoms with Crippen LogP contribution in [0.4, 0.5) is 5.69 Å². The summed E-state index contributed by atoms with van der Waals surface area (Å²) in [7, 11) is -3.06. The van der Waals surface area contributed by atoms with E-state index in [2.05, 4.69) is 10.3 Å². The van der Waals surface area contributed by atoms with E-state index < -0.39 is 15.8 Å². The molecule has 9 heteroatoms. The first-order chi connectivity index (χ1) is 12.9. The van der Waals surface area contributed by atoms with Gasteiger partial charge in [0.1, 0.15) is 5.01 Å². The van der Waals surface area contributed by atoms with Gasteiger partial charge in [0.05, 0.1) is 17.4 Å². The number of sulfone groups is 1. The largest absolute Gasteiger partial charge is 0.338 e. The summed E-state index contributed by atoms with van der Waals surface area (Å²) in [4.78, 5) is 30.6. The summed E-state index contributed by atoms with van der Waals surface area (Å²) in [5, 5.41) is 5.67. The van der Waals surface area contributed by atoms with Crippen molar-refractivity contribution in [3.63, 3.8) is 0 Å². The number of nitrogens with one attached hydrogen (secondary N) is 1. The highest BCUT2D eigenvalue weighted by Crippen LogP contribution is 2.28. The van der Waals surface area contributed by atoms with E-state index in [4.69, 9.17) is 0 Å². The van der Waals surface area contributed by atoms with Gasteiger partial charge in [-0.2, -0.15) is 0 Å². The van der Waals surface area contributed by atoms with Crippen LogP contribution in [0.25, 0.3) is 10.6 Å². The Hall–Kier alpha value is -2.26. The lowest BCUT2D eigenvalue weighted by Gasteiger charge is -2.22. The molecule has 0 radical (unpaired) electrons. The number of anilines is 1. The third kappa shape index (κ3) is 3.89. The predicted octanol–water partition coefficient (Wildman–Crippen LogP) is 1.78. The van der Waals surface area contributed by atoms with Gasteiger partial charge in [0.15, 0.2) is 9.84 Å². The van der Waals surface area contributed by atoms with Crippen LogP contribution in [0.1, 0.15) is 12.8 Å². The molecule has 2 atom stereocenters. The molecule has 0 aliphatic carbocycles. The number of thiazole rings is 1. The van der Waals surface area contributed by atoms with E-state index in [-0.39, 0.29) is 42.3 Å². The number of nitrogens with zero attached hydrogens (tertiary/aromatic N) is 2. The number of carbonyl (C=O) groups excluding carboxylic acids is 2. The number of benzene rings is 1. The summed E-state index contributed by atoms with van der Waals surface area (Å²) in [5.74, 6) is -0.695. The molecular weight excluding hydrogens is 386 g/mol. The highest BCUT2D eigenvalue weighted by molar-refractivity contribution is 7.91. The smallest absolute Gasteiger partial charge is 0.229 e. The average molecular weight is 406 g/mol. The maximum absolute atomic E-state index is 12.5. The summed E-state index contributed by atoms with van der Waals surface area (Å²) in [5.41, 5.74) is 1.64. The van der Waals surface area contributed by atoms with Crippen LogP contribution in [0.2, 0.25) is 0 Å². The number of aromatic nitrogens is 1. The van der Waals surface area contributed by atoms with E-state index in [0.29, 0.717) is 12.1 Å². The normalized spacial score (nSPS) is 24.3. The Morgan fingerprint density at radius 1 is 1.26 bits per heavy atom. The molecule has 2 fully saturated rings. The molecule has 2 aliphatic rings. The summed E-state index contributed by atoms with van der Waals surface area (Å²) < 4.78 is 23.3. The van der Waals surface area contributed by atoms with Crippen molar-refractivity contribution < 1.29 is 18.0 Å². The molecule has 7 nitrogen and oxygen atoms in total. The molecule has 3 heterocycles. The average Bonchev–Trinajstić information content (AvgIpc) is 3.35. The Kier molecular flexibility index (Phi) is 4.73. The lowest BCUT2D eigenvalue weighted by Crippen LogP contribution is -2.38. The first-order valence-electron chi connectivity index (χ1n) is 8.72. The fourth-order valence-electron chi connectivity index (χ4n) is 3.59. The molecule has 2 amide bonds. The van der Waals surface area contributed by atoms with Crippen LogP contribution in [0.15, 0.2) is 35.8 Å². The van der Waals surface area contributed by atoms with Crippen LogP contribution < -0.4 is 5.32 Å². The Morgan fingerprint density at radius 3 is 2.67 bits per heavy atom.